The minimum absolute atomic E-state index is 0.0259. The van der Waals surface area contributed by atoms with Crippen LogP contribution in [0, 0.1) is 0 Å². The molecule has 0 spiro atoms. The van der Waals surface area contributed by atoms with Gasteiger partial charge in [0, 0.05) is 19.1 Å². The molecule has 2 unspecified atom stereocenters. The Labute approximate surface area is 128 Å². The van der Waals surface area contributed by atoms with E-state index in [1.807, 2.05) is 18.7 Å². The van der Waals surface area contributed by atoms with Gasteiger partial charge < -0.3 is 10.2 Å². The van der Waals surface area contributed by atoms with E-state index in [0.717, 1.165) is 38.8 Å². The second-order valence-electron chi connectivity index (χ2n) is 6.02. The van der Waals surface area contributed by atoms with E-state index < -0.39 is 0 Å². The molecular weight excluding hydrogens is 266 g/mol. The van der Waals surface area contributed by atoms with Crippen molar-refractivity contribution in [2.75, 3.05) is 13.1 Å². The zero-order chi connectivity index (χ0) is 15.8. The third kappa shape index (κ3) is 5.65. The Kier molecular flexibility index (Phi) is 7.72. The Bertz CT molecular complexity index is 336. The van der Waals surface area contributed by atoms with Crippen molar-refractivity contribution in [1.29, 1.82) is 0 Å². The lowest BCUT2D eigenvalue weighted by Crippen LogP contribution is -2.53. The van der Waals surface area contributed by atoms with E-state index in [1.165, 1.54) is 6.42 Å². The highest BCUT2D eigenvalue weighted by molar-refractivity contribution is 5.85. The normalized spacial score (nSPS) is 18.4. The van der Waals surface area contributed by atoms with Crippen LogP contribution in [0.25, 0.3) is 0 Å². The maximum atomic E-state index is 12.3. The average molecular weight is 297 g/mol. The molecule has 0 aliphatic carbocycles. The van der Waals surface area contributed by atoms with Crippen molar-refractivity contribution in [2.45, 2.75) is 77.9 Å². The van der Waals surface area contributed by atoms with Gasteiger partial charge in [-0.2, -0.15) is 0 Å². The molecule has 0 radical (unpaired) electrons. The number of amides is 2. The van der Waals surface area contributed by atoms with Gasteiger partial charge in [-0.05, 0) is 46.0 Å². The summed E-state index contributed by atoms with van der Waals surface area (Å²) in [5.74, 6) is 0.0823. The number of hydrogen-bond donors (Lipinski definition) is 2. The van der Waals surface area contributed by atoms with E-state index in [0.29, 0.717) is 0 Å². The van der Waals surface area contributed by atoms with Crippen LogP contribution in [0.5, 0.6) is 0 Å². The molecule has 0 saturated carbocycles. The molecule has 0 bridgehead atoms. The number of nitrogens with one attached hydrogen (secondary N) is 2. The number of carbonyl (C=O) groups is 2. The molecule has 2 amide bonds. The second kappa shape index (κ2) is 9.03. The number of rotatable bonds is 7. The molecule has 1 rings (SSSR count). The van der Waals surface area contributed by atoms with Crippen LogP contribution < -0.4 is 10.6 Å². The van der Waals surface area contributed by atoms with E-state index in [-0.39, 0.29) is 29.9 Å². The fraction of sp³-hybridized carbons (Fsp3) is 0.875. The summed E-state index contributed by atoms with van der Waals surface area (Å²) in [5, 5.41) is 6.14. The van der Waals surface area contributed by atoms with Crippen molar-refractivity contribution in [3.63, 3.8) is 0 Å². The van der Waals surface area contributed by atoms with Crippen LogP contribution in [0.1, 0.15) is 59.8 Å². The first kappa shape index (κ1) is 18.0. The number of piperidine rings is 1. The molecule has 1 saturated heterocycles. The van der Waals surface area contributed by atoms with Crippen LogP contribution in [0.4, 0.5) is 0 Å². The summed E-state index contributed by atoms with van der Waals surface area (Å²) in [6.07, 6.45) is 5.24. The Morgan fingerprint density at radius 2 is 1.57 bits per heavy atom. The summed E-state index contributed by atoms with van der Waals surface area (Å²) in [6, 6.07) is -0.449. The number of nitrogens with zero attached hydrogens (tertiary/aromatic N) is 1. The minimum Gasteiger partial charge on any atom is -0.352 e. The molecule has 2 N–H and O–H groups in total. The molecule has 1 fully saturated rings. The number of carbonyl (C=O) groups excluding carboxylic acids is 2. The number of hydrogen-bond acceptors (Lipinski definition) is 3. The third-order valence-corrected chi connectivity index (χ3v) is 4.26. The lowest BCUT2D eigenvalue weighted by molar-refractivity contribution is -0.134. The highest BCUT2D eigenvalue weighted by atomic mass is 16.2. The van der Waals surface area contributed by atoms with Gasteiger partial charge in [-0.15, -0.1) is 0 Å². The van der Waals surface area contributed by atoms with E-state index in [1.54, 1.807) is 0 Å². The van der Waals surface area contributed by atoms with Crippen LogP contribution in [0.2, 0.25) is 0 Å². The van der Waals surface area contributed by atoms with Crippen LogP contribution in [0.3, 0.4) is 0 Å². The summed E-state index contributed by atoms with van der Waals surface area (Å²) in [7, 11) is 0. The predicted molar refractivity (Wildman–Crippen MR) is 85.0 cm³/mol. The highest BCUT2D eigenvalue weighted by Crippen LogP contribution is 2.10. The van der Waals surface area contributed by atoms with Crippen molar-refractivity contribution < 1.29 is 9.59 Å². The highest BCUT2D eigenvalue weighted by Gasteiger charge is 2.25. The zero-order valence-corrected chi connectivity index (χ0v) is 13.9. The van der Waals surface area contributed by atoms with Crippen molar-refractivity contribution in [3.8, 4) is 0 Å². The van der Waals surface area contributed by atoms with E-state index >= 15 is 0 Å². The summed E-state index contributed by atoms with van der Waals surface area (Å²) >= 11 is 0. The van der Waals surface area contributed by atoms with Gasteiger partial charge >= 0.3 is 0 Å². The molecule has 1 heterocycles. The van der Waals surface area contributed by atoms with Gasteiger partial charge in [0.2, 0.25) is 11.8 Å². The van der Waals surface area contributed by atoms with Crippen molar-refractivity contribution in [1.82, 2.24) is 15.5 Å². The first-order valence-corrected chi connectivity index (χ1v) is 8.34. The first-order chi connectivity index (χ1) is 9.99. The predicted octanol–water partition coefficient (Wildman–Crippen LogP) is 1.67. The van der Waals surface area contributed by atoms with E-state index in [9.17, 15) is 9.59 Å². The Balaban J connectivity index is 2.43. The summed E-state index contributed by atoms with van der Waals surface area (Å²) in [4.78, 5) is 26.3. The van der Waals surface area contributed by atoms with Gasteiger partial charge in [0.05, 0.1) is 12.1 Å². The molecule has 0 aromatic carbocycles. The minimum atomic E-state index is -0.352. The average Bonchev–Trinajstić information content (AvgIpc) is 2.52. The van der Waals surface area contributed by atoms with Gasteiger partial charge in [0.15, 0.2) is 0 Å². The smallest absolute Gasteiger partial charge is 0.239 e. The van der Waals surface area contributed by atoms with Crippen LogP contribution in [0.15, 0.2) is 0 Å². The van der Waals surface area contributed by atoms with Gasteiger partial charge in [0.25, 0.3) is 0 Å². The Morgan fingerprint density at radius 1 is 1.00 bits per heavy atom. The fourth-order valence-corrected chi connectivity index (χ4v) is 2.73. The van der Waals surface area contributed by atoms with Gasteiger partial charge in [-0.25, -0.2) is 0 Å². The third-order valence-electron chi connectivity index (χ3n) is 4.26. The summed E-state index contributed by atoms with van der Waals surface area (Å²) in [6.45, 7) is 9.48. The molecule has 5 nitrogen and oxygen atoms in total. The largest absolute Gasteiger partial charge is 0.352 e. The SMILES string of the molecule is CCC(CC)NC(=O)C(C)NC(C)C(=O)N1CCCCC1. The standard InChI is InChI=1S/C16H31N3O2/c1-5-14(6-2)18-15(20)12(3)17-13(4)16(21)19-10-8-7-9-11-19/h12-14,17H,5-11H2,1-4H3,(H,18,20). The molecule has 1 aliphatic heterocycles. The summed E-state index contributed by atoms with van der Waals surface area (Å²) < 4.78 is 0. The van der Waals surface area contributed by atoms with Gasteiger partial charge in [-0.3, -0.25) is 14.9 Å². The lowest BCUT2D eigenvalue weighted by Gasteiger charge is -2.30. The molecule has 21 heavy (non-hydrogen) atoms. The lowest BCUT2D eigenvalue weighted by atomic mass is 10.1. The van der Waals surface area contributed by atoms with Crippen molar-refractivity contribution >= 4 is 11.8 Å². The fourth-order valence-electron chi connectivity index (χ4n) is 2.73. The molecular formula is C16H31N3O2. The molecule has 0 aromatic rings. The van der Waals surface area contributed by atoms with Gasteiger partial charge in [-0.1, -0.05) is 13.8 Å². The second-order valence-corrected chi connectivity index (χ2v) is 6.02. The zero-order valence-electron chi connectivity index (χ0n) is 13.9. The number of likely N-dealkylation sites (tertiary alicyclic amines) is 1. The molecule has 5 heteroatoms. The Hall–Kier alpha value is -1.10. The van der Waals surface area contributed by atoms with Crippen LogP contribution in [-0.2, 0) is 9.59 Å². The van der Waals surface area contributed by atoms with E-state index in [2.05, 4.69) is 24.5 Å². The quantitative estimate of drug-likeness (QED) is 0.751. The Morgan fingerprint density at radius 3 is 2.10 bits per heavy atom. The van der Waals surface area contributed by atoms with Gasteiger partial charge in [0.1, 0.15) is 0 Å². The van der Waals surface area contributed by atoms with Crippen molar-refractivity contribution in [2.24, 2.45) is 0 Å². The monoisotopic (exact) mass is 297 g/mol. The van der Waals surface area contributed by atoms with Crippen LogP contribution >= 0.6 is 0 Å². The van der Waals surface area contributed by atoms with Crippen LogP contribution in [-0.4, -0.2) is 47.9 Å². The molecule has 2 atom stereocenters. The maximum Gasteiger partial charge on any atom is 0.239 e. The molecule has 122 valence electrons. The topological polar surface area (TPSA) is 61.4 Å². The summed E-state index contributed by atoms with van der Waals surface area (Å²) in [5.41, 5.74) is 0. The first-order valence-electron chi connectivity index (χ1n) is 8.34. The molecule has 1 aliphatic rings. The maximum absolute atomic E-state index is 12.3. The van der Waals surface area contributed by atoms with Crippen molar-refractivity contribution in [3.05, 3.63) is 0 Å². The van der Waals surface area contributed by atoms with E-state index in [4.69, 9.17) is 0 Å². The molecule has 0 aromatic heterocycles.